The summed E-state index contributed by atoms with van der Waals surface area (Å²) < 4.78 is 42.2. The van der Waals surface area contributed by atoms with Crippen LogP contribution in [0.5, 0.6) is 0 Å². The summed E-state index contributed by atoms with van der Waals surface area (Å²) in [6.07, 6.45) is -2.41. The van der Waals surface area contributed by atoms with Gasteiger partial charge in [0.25, 0.3) is 0 Å². The number of hydrogen-bond donors (Lipinski definition) is 1. The standard InChI is InChI=1S/C21H19F3N6O2/c22-21(23,24)19-27-18(28-32-19)14-6-7-17(25-10-14)29-11-16-8-15(29)12-30(16)20(31)26-9-13-4-2-1-3-5-13/h1-7,10,15-16H,8-9,11-12H2,(H,26,31). The smallest absolute Gasteiger partial charge is 0.350 e. The summed E-state index contributed by atoms with van der Waals surface area (Å²) in [4.78, 5) is 24.3. The van der Waals surface area contributed by atoms with Gasteiger partial charge in [0.1, 0.15) is 5.82 Å². The van der Waals surface area contributed by atoms with Crippen molar-refractivity contribution >= 4 is 11.8 Å². The fourth-order valence-electron chi connectivity index (χ4n) is 4.22. The Balaban J connectivity index is 1.20. The highest BCUT2D eigenvalue weighted by molar-refractivity contribution is 5.76. The number of pyridine rings is 1. The van der Waals surface area contributed by atoms with Gasteiger partial charge in [0.15, 0.2) is 0 Å². The van der Waals surface area contributed by atoms with Crippen LogP contribution in [0.1, 0.15) is 17.9 Å². The van der Waals surface area contributed by atoms with E-state index in [9.17, 15) is 18.0 Å². The van der Waals surface area contributed by atoms with Gasteiger partial charge in [-0.3, -0.25) is 0 Å². The van der Waals surface area contributed by atoms with E-state index in [1.807, 2.05) is 35.2 Å². The summed E-state index contributed by atoms with van der Waals surface area (Å²) in [7, 11) is 0. The Bertz CT molecular complexity index is 1100. The van der Waals surface area contributed by atoms with Crippen molar-refractivity contribution in [2.45, 2.75) is 31.2 Å². The Hall–Kier alpha value is -3.63. The molecule has 2 atom stereocenters. The lowest BCUT2D eigenvalue weighted by atomic mass is 10.2. The van der Waals surface area contributed by atoms with Crippen LogP contribution in [-0.4, -0.2) is 51.2 Å². The molecule has 2 aromatic heterocycles. The van der Waals surface area contributed by atoms with E-state index in [-0.39, 0.29) is 23.9 Å². The largest absolute Gasteiger partial charge is 0.471 e. The third-order valence-electron chi connectivity index (χ3n) is 5.76. The van der Waals surface area contributed by atoms with Crippen molar-refractivity contribution in [1.29, 1.82) is 0 Å². The number of carbonyl (C=O) groups excluding carboxylic acids is 1. The van der Waals surface area contributed by atoms with E-state index in [2.05, 4.69) is 29.9 Å². The van der Waals surface area contributed by atoms with Crippen LogP contribution in [0.3, 0.4) is 0 Å². The number of fused-ring (bicyclic) bond motifs is 2. The molecule has 0 aliphatic carbocycles. The molecule has 4 heterocycles. The van der Waals surface area contributed by atoms with Crippen LogP contribution in [0.25, 0.3) is 11.4 Å². The molecule has 2 saturated heterocycles. The molecular weight excluding hydrogens is 425 g/mol. The first-order valence-corrected chi connectivity index (χ1v) is 10.1. The summed E-state index contributed by atoms with van der Waals surface area (Å²) in [5, 5.41) is 6.34. The van der Waals surface area contributed by atoms with E-state index in [0.29, 0.717) is 31.0 Å². The summed E-state index contributed by atoms with van der Waals surface area (Å²) in [6, 6.07) is 13.2. The Labute approximate surface area is 181 Å². The molecule has 2 fully saturated rings. The number of piperazine rings is 1. The number of likely N-dealkylation sites (tertiary alicyclic amines) is 1. The highest BCUT2D eigenvalue weighted by Gasteiger charge is 2.45. The fourth-order valence-corrected chi connectivity index (χ4v) is 4.22. The van der Waals surface area contributed by atoms with Gasteiger partial charge in [-0.15, -0.1) is 0 Å². The van der Waals surface area contributed by atoms with Crippen molar-refractivity contribution in [2.24, 2.45) is 0 Å². The molecule has 2 aliphatic rings. The third kappa shape index (κ3) is 3.85. The van der Waals surface area contributed by atoms with Gasteiger partial charge in [0.05, 0.1) is 12.1 Å². The average Bonchev–Trinajstić information content (AvgIpc) is 3.54. The van der Waals surface area contributed by atoms with E-state index < -0.39 is 12.1 Å². The Morgan fingerprint density at radius 1 is 1.12 bits per heavy atom. The molecule has 5 rings (SSSR count). The first-order valence-electron chi connectivity index (χ1n) is 10.1. The van der Waals surface area contributed by atoms with Gasteiger partial charge >= 0.3 is 18.1 Å². The minimum atomic E-state index is -4.69. The lowest BCUT2D eigenvalue weighted by Gasteiger charge is -2.35. The summed E-state index contributed by atoms with van der Waals surface area (Å²) >= 11 is 0. The van der Waals surface area contributed by atoms with Crippen molar-refractivity contribution in [3.63, 3.8) is 0 Å². The van der Waals surface area contributed by atoms with Gasteiger partial charge in [-0.25, -0.2) is 9.78 Å². The molecule has 0 spiro atoms. The predicted molar refractivity (Wildman–Crippen MR) is 107 cm³/mol. The SMILES string of the molecule is O=C(NCc1ccccc1)N1CC2CC1CN2c1ccc(-c2noc(C(F)(F)F)n2)cn1. The maximum absolute atomic E-state index is 12.6. The minimum absolute atomic E-state index is 0.0816. The lowest BCUT2D eigenvalue weighted by molar-refractivity contribution is -0.159. The molecule has 2 bridgehead atoms. The first-order chi connectivity index (χ1) is 15.4. The van der Waals surface area contributed by atoms with Crippen molar-refractivity contribution in [3.8, 4) is 11.4 Å². The second-order valence-electron chi connectivity index (χ2n) is 7.82. The molecule has 2 amide bonds. The molecule has 11 heteroatoms. The summed E-state index contributed by atoms with van der Waals surface area (Å²) in [6.45, 7) is 1.72. The number of urea groups is 1. The zero-order valence-electron chi connectivity index (χ0n) is 16.8. The van der Waals surface area contributed by atoms with Crippen LogP contribution in [0.2, 0.25) is 0 Å². The normalized spacial score (nSPS) is 20.1. The Morgan fingerprint density at radius 2 is 1.94 bits per heavy atom. The van der Waals surface area contributed by atoms with E-state index in [4.69, 9.17) is 0 Å². The Kier molecular flexibility index (Phi) is 4.95. The molecule has 2 aliphatic heterocycles. The number of nitrogens with one attached hydrogen (secondary N) is 1. The number of nitrogens with zero attached hydrogens (tertiary/aromatic N) is 5. The van der Waals surface area contributed by atoms with Crippen LogP contribution in [0.4, 0.5) is 23.8 Å². The average molecular weight is 444 g/mol. The quantitative estimate of drug-likeness (QED) is 0.664. The van der Waals surface area contributed by atoms with Crippen molar-refractivity contribution in [1.82, 2.24) is 25.3 Å². The number of rotatable bonds is 4. The second-order valence-corrected chi connectivity index (χ2v) is 7.82. The number of hydrogen-bond acceptors (Lipinski definition) is 6. The first kappa shape index (κ1) is 20.3. The number of amides is 2. The molecule has 1 N–H and O–H groups in total. The van der Waals surface area contributed by atoms with Crippen molar-refractivity contribution < 1.29 is 22.5 Å². The molecule has 1 aromatic carbocycles. The van der Waals surface area contributed by atoms with Crippen molar-refractivity contribution in [2.75, 3.05) is 18.0 Å². The van der Waals surface area contributed by atoms with Gasteiger partial charge in [-0.2, -0.15) is 18.2 Å². The summed E-state index contributed by atoms with van der Waals surface area (Å²) in [5.41, 5.74) is 1.37. The zero-order chi connectivity index (χ0) is 22.3. The summed E-state index contributed by atoms with van der Waals surface area (Å²) in [5.74, 6) is -0.857. The van der Waals surface area contributed by atoms with Crippen LogP contribution >= 0.6 is 0 Å². The molecule has 166 valence electrons. The third-order valence-corrected chi connectivity index (χ3v) is 5.76. The molecule has 0 saturated carbocycles. The molecular formula is C21H19F3N6O2. The molecule has 2 unspecified atom stereocenters. The molecule has 0 radical (unpaired) electrons. The van der Waals surface area contributed by atoms with Crippen LogP contribution in [0.15, 0.2) is 53.2 Å². The van der Waals surface area contributed by atoms with E-state index >= 15 is 0 Å². The number of benzene rings is 1. The van der Waals surface area contributed by atoms with E-state index in [0.717, 1.165) is 12.0 Å². The van der Waals surface area contributed by atoms with Gasteiger partial charge in [0, 0.05) is 31.4 Å². The monoisotopic (exact) mass is 444 g/mol. The highest BCUT2D eigenvalue weighted by atomic mass is 19.4. The van der Waals surface area contributed by atoms with Gasteiger partial charge in [0.2, 0.25) is 5.82 Å². The maximum atomic E-state index is 12.6. The fraction of sp³-hybridized carbons (Fsp3) is 0.333. The number of carbonyl (C=O) groups is 1. The number of halogens is 3. The molecule has 3 aromatic rings. The lowest BCUT2D eigenvalue weighted by Crippen LogP contribution is -2.52. The zero-order valence-corrected chi connectivity index (χ0v) is 16.8. The van der Waals surface area contributed by atoms with Crippen molar-refractivity contribution in [3.05, 3.63) is 60.1 Å². The van der Waals surface area contributed by atoms with Crippen LogP contribution in [-0.2, 0) is 12.7 Å². The van der Waals surface area contributed by atoms with E-state index in [1.165, 1.54) is 6.20 Å². The van der Waals surface area contributed by atoms with E-state index in [1.54, 1.807) is 12.1 Å². The second kappa shape index (κ2) is 7.81. The predicted octanol–water partition coefficient (Wildman–Crippen LogP) is 3.32. The number of anilines is 1. The molecule has 32 heavy (non-hydrogen) atoms. The van der Waals surface area contributed by atoms with Crippen LogP contribution < -0.4 is 10.2 Å². The maximum Gasteiger partial charge on any atom is 0.471 e. The van der Waals surface area contributed by atoms with Gasteiger partial charge in [-0.05, 0) is 24.1 Å². The topological polar surface area (TPSA) is 87.4 Å². The highest BCUT2D eigenvalue weighted by Crippen LogP contribution is 2.34. The van der Waals surface area contributed by atoms with Crippen LogP contribution in [0, 0.1) is 0 Å². The minimum Gasteiger partial charge on any atom is -0.350 e. The number of alkyl halides is 3. The van der Waals surface area contributed by atoms with Gasteiger partial charge in [-0.1, -0.05) is 35.5 Å². The Morgan fingerprint density at radius 3 is 2.56 bits per heavy atom. The number of aromatic nitrogens is 3. The molecule has 8 nitrogen and oxygen atoms in total. The van der Waals surface area contributed by atoms with Gasteiger partial charge < -0.3 is 19.6 Å².